The Morgan fingerprint density at radius 3 is 2.80 bits per heavy atom. The largest absolute Gasteiger partial charge is 0.451 e. The fourth-order valence-corrected chi connectivity index (χ4v) is 1.54. The van der Waals surface area contributed by atoms with E-state index in [2.05, 4.69) is 10.4 Å². The molecule has 1 amide bonds. The summed E-state index contributed by atoms with van der Waals surface area (Å²) in [6, 6.07) is 8.64. The molecule has 0 unspecified atom stereocenters. The third-order valence-corrected chi connectivity index (χ3v) is 2.59. The molecular formula is C13H14N4O3. The van der Waals surface area contributed by atoms with Gasteiger partial charge in [0.25, 0.3) is 5.91 Å². The molecule has 2 aromatic rings. The van der Waals surface area contributed by atoms with Crippen molar-refractivity contribution in [2.24, 2.45) is 0 Å². The number of para-hydroxylation sites is 2. The van der Waals surface area contributed by atoms with Gasteiger partial charge in [-0.05, 0) is 18.2 Å². The number of esters is 1. The molecule has 7 heteroatoms. The normalized spacial score (nSPS) is 10.1. The lowest BCUT2D eigenvalue weighted by molar-refractivity contribution is -0.123. The Morgan fingerprint density at radius 1 is 1.35 bits per heavy atom. The van der Waals surface area contributed by atoms with Crippen molar-refractivity contribution < 1.29 is 14.3 Å². The van der Waals surface area contributed by atoms with E-state index in [-0.39, 0.29) is 18.2 Å². The number of hydrogen-bond acceptors (Lipinski definition) is 5. The molecule has 0 fully saturated rings. The fraction of sp³-hybridized carbons (Fsp3) is 0.154. The van der Waals surface area contributed by atoms with Crippen molar-refractivity contribution in [2.75, 3.05) is 19.4 Å². The number of benzene rings is 1. The van der Waals surface area contributed by atoms with Crippen molar-refractivity contribution in [1.29, 1.82) is 0 Å². The minimum Gasteiger partial charge on any atom is -0.451 e. The van der Waals surface area contributed by atoms with E-state index >= 15 is 0 Å². The maximum Gasteiger partial charge on any atom is 0.359 e. The number of nitrogens with one attached hydrogen (secondary N) is 1. The molecule has 1 aromatic carbocycles. The highest BCUT2D eigenvalue weighted by atomic mass is 16.5. The lowest BCUT2D eigenvalue weighted by Crippen LogP contribution is -2.25. The molecule has 20 heavy (non-hydrogen) atoms. The van der Waals surface area contributed by atoms with E-state index in [0.29, 0.717) is 11.4 Å². The summed E-state index contributed by atoms with van der Waals surface area (Å²) in [5.74, 6) is -1.05. The van der Waals surface area contributed by atoms with Gasteiger partial charge < -0.3 is 15.8 Å². The molecule has 1 aromatic heterocycles. The number of nitrogen functional groups attached to an aromatic ring is 1. The summed E-state index contributed by atoms with van der Waals surface area (Å²) in [5.41, 5.74) is 7.14. The summed E-state index contributed by atoms with van der Waals surface area (Å²) in [4.78, 5) is 22.7. The standard InChI is InChI=1S/C13H14N4O3/c1-15-12(18)8-20-13(19)10-6-7-17(16-10)11-5-3-2-4-9(11)14/h2-7H,8,14H2,1H3,(H,15,18). The van der Waals surface area contributed by atoms with Gasteiger partial charge in [-0.25, -0.2) is 9.48 Å². The minimum absolute atomic E-state index is 0.108. The predicted molar refractivity (Wildman–Crippen MR) is 72.3 cm³/mol. The first kappa shape index (κ1) is 13.6. The molecule has 0 spiro atoms. The zero-order valence-corrected chi connectivity index (χ0v) is 10.9. The average molecular weight is 274 g/mol. The van der Waals surface area contributed by atoms with Crippen molar-refractivity contribution in [1.82, 2.24) is 15.1 Å². The number of amides is 1. The second-order valence-corrected chi connectivity index (χ2v) is 3.95. The molecule has 0 saturated heterocycles. The first-order valence-electron chi connectivity index (χ1n) is 5.90. The molecular weight excluding hydrogens is 260 g/mol. The number of carbonyl (C=O) groups is 2. The number of rotatable bonds is 4. The van der Waals surface area contributed by atoms with Gasteiger partial charge in [0.1, 0.15) is 0 Å². The Hall–Kier alpha value is -2.83. The van der Waals surface area contributed by atoms with Gasteiger partial charge in [-0.15, -0.1) is 0 Å². The van der Waals surface area contributed by atoms with Gasteiger partial charge in [0.2, 0.25) is 0 Å². The number of nitrogens with two attached hydrogens (primary N) is 1. The third-order valence-electron chi connectivity index (χ3n) is 2.59. The molecule has 104 valence electrons. The van der Waals surface area contributed by atoms with Crippen molar-refractivity contribution in [3.05, 3.63) is 42.2 Å². The summed E-state index contributed by atoms with van der Waals surface area (Å²) in [5, 5.41) is 6.43. The molecule has 0 radical (unpaired) electrons. The SMILES string of the molecule is CNC(=O)COC(=O)c1ccn(-c2ccccc2N)n1. The van der Waals surface area contributed by atoms with Crippen LogP contribution in [0.2, 0.25) is 0 Å². The number of hydrogen-bond donors (Lipinski definition) is 2. The molecule has 2 rings (SSSR count). The summed E-state index contributed by atoms with van der Waals surface area (Å²) < 4.78 is 6.28. The lowest BCUT2D eigenvalue weighted by atomic mass is 10.3. The number of ether oxygens (including phenoxy) is 1. The van der Waals surface area contributed by atoms with E-state index in [0.717, 1.165) is 0 Å². The Balaban J connectivity index is 2.11. The van der Waals surface area contributed by atoms with Crippen LogP contribution in [0.1, 0.15) is 10.5 Å². The number of aromatic nitrogens is 2. The van der Waals surface area contributed by atoms with Crippen LogP contribution < -0.4 is 11.1 Å². The van der Waals surface area contributed by atoms with Crippen molar-refractivity contribution >= 4 is 17.6 Å². The Kier molecular flexibility index (Phi) is 3.99. The summed E-state index contributed by atoms with van der Waals surface area (Å²) in [6.07, 6.45) is 1.60. The van der Waals surface area contributed by atoms with Crippen molar-refractivity contribution in [2.45, 2.75) is 0 Å². The highest BCUT2D eigenvalue weighted by molar-refractivity contribution is 5.89. The first-order valence-corrected chi connectivity index (χ1v) is 5.90. The lowest BCUT2D eigenvalue weighted by Gasteiger charge is -2.04. The summed E-state index contributed by atoms with van der Waals surface area (Å²) >= 11 is 0. The molecule has 0 atom stereocenters. The predicted octanol–water partition coefficient (Wildman–Crippen LogP) is 0.357. The van der Waals surface area contributed by atoms with Crippen LogP contribution in [-0.2, 0) is 9.53 Å². The van der Waals surface area contributed by atoms with E-state index < -0.39 is 5.97 Å². The van der Waals surface area contributed by atoms with Crippen molar-refractivity contribution in [3.63, 3.8) is 0 Å². The van der Waals surface area contributed by atoms with E-state index in [1.54, 1.807) is 24.4 Å². The van der Waals surface area contributed by atoms with Crippen LogP contribution in [0.15, 0.2) is 36.5 Å². The smallest absolute Gasteiger partial charge is 0.359 e. The maximum absolute atomic E-state index is 11.7. The molecule has 0 aliphatic rings. The summed E-state index contributed by atoms with van der Waals surface area (Å²) in [6.45, 7) is -0.338. The van der Waals surface area contributed by atoms with E-state index in [1.165, 1.54) is 17.8 Å². The van der Waals surface area contributed by atoms with Crippen molar-refractivity contribution in [3.8, 4) is 5.69 Å². The van der Waals surface area contributed by atoms with Gasteiger partial charge in [0, 0.05) is 13.2 Å². The van der Waals surface area contributed by atoms with Gasteiger partial charge >= 0.3 is 5.97 Å². The van der Waals surface area contributed by atoms with Gasteiger partial charge in [0.15, 0.2) is 12.3 Å². The zero-order chi connectivity index (χ0) is 14.5. The minimum atomic E-state index is -0.665. The van der Waals surface area contributed by atoms with Gasteiger partial charge in [-0.2, -0.15) is 5.10 Å². The van der Waals surface area contributed by atoms with Crippen LogP contribution in [0.3, 0.4) is 0 Å². The summed E-state index contributed by atoms with van der Waals surface area (Å²) in [7, 11) is 1.46. The van der Waals surface area contributed by atoms with Gasteiger partial charge in [-0.3, -0.25) is 4.79 Å². The Labute approximate surface area is 115 Å². The Morgan fingerprint density at radius 2 is 2.10 bits per heavy atom. The number of nitrogens with zero attached hydrogens (tertiary/aromatic N) is 2. The van der Waals surface area contributed by atoms with Crippen LogP contribution in [0.25, 0.3) is 5.69 Å². The fourth-order valence-electron chi connectivity index (χ4n) is 1.54. The quantitative estimate of drug-likeness (QED) is 0.619. The third kappa shape index (κ3) is 2.94. The number of carbonyl (C=O) groups excluding carboxylic acids is 2. The van der Waals surface area contributed by atoms with Crippen LogP contribution in [-0.4, -0.2) is 35.3 Å². The monoisotopic (exact) mass is 274 g/mol. The van der Waals surface area contributed by atoms with E-state index in [1.807, 2.05) is 6.07 Å². The molecule has 0 saturated carbocycles. The number of likely N-dealkylation sites (N-methyl/N-ethyl adjacent to an activating group) is 1. The second-order valence-electron chi connectivity index (χ2n) is 3.95. The highest BCUT2D eigenvalue weighted by Gasteiger charge is 2.13. The zero-order valence-electron chi connectivity index (χ0n) is 10.9. The topological polar surface area (TPSA) is 99.2 Å². The Bertz CT molecular complexity index is 636. The number of anilines is 1. The van der Waals surface area contributed by atoms with E-state index in [9.17, 15) is 9.59 Å². The molecule has 7 nitrogen and oxygen atoms in total. The first-order chi connectivity index (χ1) is 9.61. The second kappa shape index (κ2) is 5.87. The van der Waals surface area contributed by atoms with Crippen LogP contribution in [0.4, 0.5) is 5.69 Å². The van der Waals surface area contributed by atoms with Crippen LogP contribution >= 0.6 is 0 Å². The molecule has 1 heterocycles. The molecule has 0 aliphatic carbocycles. The van der Waals surface area contributed by atoms with Gasteiger partial charge in [-0.1, -0.05) is 12.1 Å². The van der Waals surface area contributed by atoms with E-state index in [4.69, 9.17) is 10.5 Å². The van der Waals surface area contributed by atoms with Crippen LogP contribution in [0, 0.1) is 0 Å². The molecule has 0 bridgehead atoms. The van der Waals surface area contributed by atoms with Gasteiger partial charge in [0.05, 0.1) is 11.4 Å². The highest BCUT2D eigenvalue weighted by Crippen LogP contribution is 2.15. The molecule has 0 aliphatic heterocycles. The molecule has 3 N–H and O–H groups in total. The maximum atomic E-state index is 11.7. The average Bonchev–Trinajstić information content (AvgIpc) is 2.94. The van der Waals surface area contributed by atoms with Crippen LogP contribution in [0.5, 0.6) is 0 Å².